The molecule has 0 saturated heterocycles. The summed E-state index contributed by atoms with van der Waals surface area (Å²) in [7, 11) is 0. The number of carboxylic acids is 1. The lowest BCUT2D eigenvalue weighted by molar-refractivity contribution is -0.131. The van der Waals surface area contributed by atoms with Crippen LogP contribution in [0.3, 0.4) is 0 Å². The van der Waals surface area contributed by atoms with Crippen LogP contribution >= 0.6 is 0 Å². The highest BCUT2D eigenvalue weighted by atomic mass is 16.4. The highest BCUT2D eigenvalue weighted by Gasteiger charge is 2.29. The molecule has 0 heterocycles. The molecule has 1 fully saturated rings. The van der Waals surface area contributed by atoms with Gasteiger partial charge in [0, 0.05) is 25.2 Å². The summed E-state index contributed by atoms with van der Waals surface area (Å²) >= 11 is 0. The van der Waals surface area contributed by atoms with Gasteiger partial charge >= 0.3 is 5.97 Å². The zero-order valence-electron chi connectivity index (χ0n) is 12.2. The monoisotopic (exact) mass is 273 g/mol. The minimum absolute atomic E-state index is 0.650. The maximum Gasteiger partial charge on any atom is 0.328 e. The highest BCUT2D eigenvalue weighted by molar-refractivity contribution is 5.85. The van der Waals surface area contributed by atoms with Crippen LogP contribution in [0, 0.1) is 5.92 Å². The highest BCUT2D eigenvalue weighted by Crippen LogP contribution is 2.29. The Balaban J connectivity index is 2.12. The molecule has 1 aliphatic rings. The SMILES string of the molecule is CC(C)CN(Cc1ccccc1C=CC(=O)O)C1CC1. The quantitative estimate of drug-likeness (QED) is 0.774. The van der Waals surface area contributed by atoms with Crippen molar-refractivity contribution in [3.63, 3.8) is 0 Å². The Hall–Kier alpha value is -1.61. The summed E-state index contributed by atoms with van der Waals surface area (Å²) in [6.07, 6.45) is 5.49. The molecule has 108 valence electrons. The van der Waals surface area contributed by atoms with Gasteiger partial charge in [0.15, 0.2) is 0 Å². The van der Waals surface area contributed by atoms with Crippen molar-refractivity contribution in [2.45, 2.75) is 39.3 Å². The first-order chi connectivity index (χ1) is 9.56. The second-order valence-electron chi connectivity index (χ2n) is 5.92. The van der Waals surface area contributed by atoms with E-state index < -0.39 is 5.97 Å². The summed E-state index contributed by atoms with van der Waals surface area (Å²) in [5.41, 5.74) is 2.21. The molecule has 0 spiro atoms. The lowest BCUT2D eigenvalue weighted by Crippen LogP contribution is -2.29. The van der Waals surface area contributed by atoms with E-state index in [1.165, 1.54) is 24.5 Å². The maximum atomic E-state index is 10.7. The normalized spacial score (nSPS) is 15.4. The third-order valence-corrected chi connectivity index (χ3v) is 3.50. The molecule has 0 radical (unpaired) electrons. The molecule has 1 aromatic rings. The minimum atomic E-state index is -0.902. The van der Waals surface area contributed by atoms with Crippen LogP contribution < -0.4 is 0 Å². The van der Waals surface area contributed by atoms with E-state index in [2.05, 4.69) is 24.8 Å². The van der Waals surface area contributed by atoms with E-state index in [1.807, 2.05) is 18.2 Å². The number of hydrogen-bond acceptors (Lipinski definition) is 2. The molecular weight excluding hydrogens is 250 g/mol. The van der Waals surface area contributed by atoms with E-state index in [0.717, 1.165) is 18.7 Å². The van der Waals surface area contributed by atoms with Gasteiger partial charge in [-0.05, 0) is 36.0 Å². The molecule has 0 amide bonds. The maximum absolute atomic E-state index is 10.7. The molecule has 0 aliphatic heterocycles. The smallest absolute Gasteiger partial charge is 0.328 e. The zero-order valence-corrected chi connectivity index (χ0v) is 12.2. The van der Waals surface area contributed by atoms with Crippen molar-refractivity contribution >= 4 is 12.0 Å². The molecule has 3 heteroatoms. The molecule has 3 nitrogen and oxygen atoms in total. The third kappa shape index (κ3) is 4.49. The summed E-state index contributed by atoms with van der Waals surface area (Å²) < 4.78 is 0. The molecule has 1 aromatic carbocycles. The topological polar surface area (TPSA) is 40.5 Å². The van der Waals surface area contributed by atoms with Crippen molar-refractivity contribution in [1.29, 1.82) is 0 Å². The summed E-state index contributed by atoms with van der Waals surface area (Å²) in [4.78, 5) is 13.2. The second kappa shape index (κ2) is 6.71. The fourth-order valence-electron chi connectivity index (χ4n) is 2.47. The van der Waals surface area contributed by atoms with Gasteiger partial charge in [-0.15, -0.1) is 0 Å². The summed E-state index contributed by atoms with van der Waals surface area (Å²) in [6, 6.07) is 8.77. The third-order valence-electron chi connectivity index (χ3n) is 3.50. The minimum Gasteiger partial charge on any atom is -0.478 e. The molecule has 0 unspecified atom stereocenters. The molecule has 2 rings (SSSR count). The van der Waals surface area contributed by atoms with Gasteiger partial charge in [-0.3, -0.25) is 4.90 Å². The van der Waals surface area contributed by atoms with Gasteiger partial charge in [0.25, 0.3) is 0 Å². The van der Waals surface area contributed by atoms with Gasteiger partial charge in [-0.1, -0.05) is 38.1 Å². The van der Waals surface area contributed by atoms with Gasteiger partial charge < -0.3 is 5.11 Å². The average molecular weight is 273 g/mol. The van der Waals surface area contributed by atoms with Crippen LogP contribution in [0.2, 0.25) is 0 Å². The number of carbonyl (C=O) groups is 1. The van der Waals surface area contributed by atoms with Crippen LogP contribution in [0.15, 0.2) is 30.3 Å². The Morgan fingerprint density at radius 2 is 2.10 bits per heavy atom. The van der Waals surface area contributed by atoms with Crippen molar-refractivity contribution in [3.05, 3.63) is 41.5 Å². The van der Waals surface area contributed by atoms with Gasteiger partial charge in [-0.25, -0.2) is 4.79 Å². The van der Waals surface area contributed by atoms with E-state index in [0.29, 0.717) is 12.0 Å². The summed E-state index contributed by atoms with van der Waals surface area (Å²) in [6.45, 7) is 6.49. The van der Waals surface area contributed by atoms with Gasteiger partial charge in [0.1, 0.15) is 0 Å². The molecule has 1 aliphatic carbocycles. The van der Waals surface area contributed by atoms with Crippen LogP contribution in [0.25, 0.3) is 6.08 Å². The van der Waals surface area contributed by atoms with Crippen molar-refractivity contribution < 1.29 is 9.90 Å². The standard InChI is InChI=1S/C17H23NO2/c1-13(2)11-18(16-8-9-16)12-15-6-4-3-5-14(15)7-10-17(19)20/h3-7,10,13,16H,8-9,11-12H2,1-2H3,(H,19,20). The molecule has 1 N–H and O–H groups in total. The van der Waals surface area contributed by atoms with E-state index in [4.69, 9.17) is 5.11 Å². The van der Waals surface area contributed by atoms with E-state index in [-0.39, 0.29) is 0 Å². The number of hydrogen-bond donors (Lipinski definition) is 1. The lowest BCUT2D eigenvalue weighted by atomic mass is 10.1. The molecule has 0 atom stereocenters. The van der Waals surface area contributed by atoms with E-state index in [1.54, 1.807) is 6.08 Å². The Labute approximate surface area is 120 Å². The molecule has 1 saturated carbocycles. The van der Waals surface area contributed by atoms with Gasteiger partial charge in [0.05, 0.1) is 0 Å². The molecular formula is C17H23NO2. The van der Waals surface area contributed by atoms with Gasteiger partial charge in [-0.2, -0.15) is 0 Å². The van der Waals surface area contributed by atoms with E-state index in [9.17, 15) is 4.79 Å². The zero-order chi connectivity index (χ0) is 14.5. The van der Waals surface area contributed by atoms with Crippen molar-refractivity contribution in [2.75, 3.05) is 6.54 Å². The largest absolute Gasteiger partial charge is 0.478 e. The Morgan fingerprint density at radius 3 is 2.70 bits per heavy atom. The van der Waals surface area contributed by atoms with Gasteiger partial charge in [0.2, 0.25) is 0 Å². The Morgan fingerprint density at radius 1 is 1.40 bits per heavy atom. The lowest BCUT2D eigenvalue weighted by Gasteiger charge is -2.24. The predicted molar refractivity (Wildman–Crippen MR) is 81.4 cm³/mol. The second-order valence-corrected chi connectivity index (χ2v) is 5.92. The first kappa shape index (κ1) is 14.8. The summed E-state index contributed by atoms with van der Waals surface area (Å²) in [5, 5.41) is 8.77. The number of carboxylic acid groups (broad SMARTS) is 1. The Kier molecular flexibility index (Phi) is 4.96. The van der Waals surface area contributed by atoms with Crippen molar-refractivity contribution in [3.8, 4) is 0 Å². The van der Waals surface area contributed by atoms with Crippen LogP contribution in [0.4, 0.5) is 0 Å². The van der Waals surface area contributed by atoms with Crippen LogP contribution in [0.1, 0.15) is 37.8 Å². The first-order valence-corrected chi connectivity index (χ1v) is 7.29. The number of rotatable bonds is 7. The fraction of sp³-hybridized carbons (Fsp3) is 0.471. The van der Waals surface area contributed by atoms with E-state index >= 15 is 0 Å². The average Bonchev–Trinajstić information content (AvgIpc) is 3.20. The number of benzene rings is 1. The molecule has 20 heavy (non-hydrogen) atoms. The molecule has 0 bridgehead atoms. The number of aliphatic carboxylic acids is 1. The van der Waals surface area contributed by atoms with Crippen LogP contribution in [0.5, 0.6) is 0 Å². The van der Waals surface area contributed by atoms with Crippen molar-refractivity contribution in [1.82, 2.24) is 4.90 Å². The molecule has 0 aromatic heterocycles. The first-order valence-electron chi connectivity index (χ1n) is 7.29. The van der Waals surface area contributed by atoms with Crippen LogP contribution in [-0.4, -0.2) is 28.6 Å². The Bertz CT molecular complexity index is 490. The summed E-state index contributed by atoms with van der Waals surface area (Å²) in [5.74, 6) is -0.252. The number of nitrogens with zero attached hydrogens (tertiary/aromatic N) is 1. The van der Waals surface area contributed by atoms with Crippen LogP contribution in [-0.2, 0) is 11.3 Å². The predicted octanol–water partition coefficient (Wildman–Crippen LogP) is 3.40. The fourth-order valence-corrected chi connectivity index (χ4v) is 2.47. The van der Waals surface area contributed by atoms with Crippen molar-refractivity contribution in [2.24, 2.45) is 5.92 Å².